The van der Waals surface area contributed by atoms with Crippen LogP contribution in [0.25, 0.3) is 0 Å². The minimum Gasteiger partial charge on any atom is -0.497 e. The summed E-state index contributed by atoms with van der Waals surface area (Å²) < 4.78 is 76.2. The fourth-order valence-corrected chi connectivity index (χ4v) is 6.11. The zero-order valence-electron chi connectivity index (χ0n) is 27.6. The maximum Gasteiger partial charge on any atom is 0.425 e. The van der Waals surface area contributed by atoms with E-state index >= 15 is 4.39 Å². The lowest BCUT2D eigenvalue weighted by Gasteiger charge is -2.42. The second-order valence-electron chi connectivity index (χ2n) is 11.9. The summed E-state index contributed by atoms with van der Waals surface area (Å²) in [5.41, 5.74) is -0.956. The molecule has 1 aliphatic heterocycles. The van der Waals surface area contributed by atoms with Gasteiger partial charge >= 0.3 is 6.18 Å². The molecule has 2 atom stereocenters. The molecule has 1 aliphatic rings. The monoisotopic (exact) mass is 714 g/mol. The molecular weight excluding hydrogens is 684 g/mol. The summed E-state index contributed by atoms with van der Waals surface area (Å²) in [6.07, 6.45) is -5.09. The Morgan fingerprint density at radius 3 is 1.94 bits per heavy atom. The van der Waals surface area contributed by atoms with E-state index in [2.05, 4.69) is 27.1 Å². The van der Waals surface area contributed by atoms with Crippen LogP contribution in [0.2, 0.25) is 5.02 Å². The van der Waals surface area contributed by atoms with Gasteiger partial charge in [-0.05, 0) is 72.0 Å². The molecule has 0 spiro atoms. The van der Waals surface area contributed by atoms with Crippen molar-refractivity contribution in [2.75, 3.05) is 14.2 Å². The molecule has 6 rings (SSSR count). The number of benzene rings is 4. The zero-order valence-corrected chi connectivity index (χ0v) is 28.4. The number of aromatic nitrogens is 2. The molecule has 0 bridgehead atoms. The predicted octanol–water partition coefficient (Wildman–Crippen LogP) is 8.19. The minimum absolute atomic E-state index is 0.0950. The van der Waals surface area contributed by atoms with Crippen LogP contribution in [0, 0.1) is 17.7 Å². The second kappa shape index (κ2) is 14.3. The van der Waals surface area contributed by atoms with Crippen LogP contribution in [0.1, 0.15) is 47.0 Å². The molecule has 0 saturated carbocycles. The van der Waals surface area contributed by atoms with Crippen molar-refractivity contribution in [3.05, 3.63) is 154 Å². The third-order valence-electron chi connectivity index (χ3n) is 8.58. The Kier molecular flexibility index (Phi) is 9.90. The lowest BCUT2D eigenvalue weighted by molar-refractivity contribution is -0.209. The van der Waals surface area contributed by atoms with Gasteiger partial charge in [0.1, 0.15) is 22.9 Å². The molecule has 0 aliphatic carbocycles. The van der Waals surface area contributed by atoms with Crippen molar-refractivity contribution >= 4 is 17.6 Å². The average molecular weight is 715 g/mol. The van der Waals surface area contributed by atoms with Crippen LogP contribution in [-0.4, -0.2) is 42.5 Å². The van der Waals surface area contributed by atoms with Gasteiger partial charge in [0.05, 0.1) is 37.2 Å². The fourth-order valence-electron chi connectivity index (χ4n) is 6.01. The van der Waals surface area contributed by atoms with Crippen LogP contribution < -0.4 is 14.8 Å². The first-order chi connectivity index (χ1) is 24.4. The highest BCUT2D eigenvalue weighted by atomic mass is 35.5. The number of ether oxygens (including phenoxy) is 3. The Balaban J connectivity index is 1.53. The van der Waals surface area contributed by atoms with Crippen LogP contribution in [0.4, 0.5) is 17.6 Å². The third kappa shape index (κ3) is 7.47. The average Bonchev–Trinajstić information content (AvgIpc) is 3.14. The molecule has 0 amide bonds. The maximum atomic E-state index is 15.7. The fraction of sp³-hybridized carbons (Fsp3) is 0.205. The van der Waals surface area contributed by atoms with Gasteiger partial charge in [0, 0.05) is 17.5 Å². The van der Waals surface area contributed by atoms with Gasteiger partial charge < -0.3 is 19.5 Å². The Bertz CT molecular complexity index is 2040. The van der Waals surface area contributed by atoms with Gasteiger partial charge in [-0.1, -0.05) is 72.1 Å². The van der Waals surface area contributed by atoms with Crippen molar-refractivity contribution in [1.29, 1.82) is 0 Å². The highest BCUT2D eigenvalue weighted by Crippen LogP contribution is 2.44. The number of nitrogens with one attached hydrogen (secondary N) is 1. The van der Waals surface area contributed by atoms with Crippen LogP contribution in [0.5, 0.6) is 11.5 Å². The lowest BCUT2D eigenvalue weighted by atomic mass is 9.77. The molecule has 0 saturated heterocycles. The predicted molar refractivity (Wildman–Crippen MR) is 185 cm³/mol. The van der Waals surface area contributed by atoms with Crippen molar-refractivity contribution in [3.63, 3.8) is 0 Å². The molecule has 7 nitrogen and oxygen atoms in total. The number of hydrogen-bond donors (Lipinski definition) is 1. The van der Waals surface area contributed by atoms with E-state index < -0.39 is 41.6 Å². The molecular formula is C39H31ClF4N4O3. The number of hydrogen-bond acceptors (Lipinski definition) is 7. The quantitative estimate of drug-likeness (QED) is 0.104. The SMILES string of the molecule is COc1ccc(C(NC2=N[C@](C)(c3cc(C#Cc4ncc(Cl)cn4)ccc3F)C[C@@H](C(F)(F)F)O2)(c2ccccc2)c2ccc(OC)cc2)cc1. The van der Waals surface area contributed by atoms with Crippen molar-refractivity contribution < 1.29 is 31.8 Å². The molecule has 0 fully saturated rings. The lowest BCUT2D eigenvalue weighted by Crippen LogP contribution is -2.54. The van der Waals surface area contributed by atoms with Crippen LogP contribution in [-0.2, 0) is 15.8 Å². The molecule has 1 N–H and O–H groups in total. The van der Waals surface area contributed by atoms with Crippen molar-refractivity contribution in [2.45, 2.75) is 36.7 Å². The Morgan fingerprint density at radius 2 is 1.39 bits per heavy atom. The van der Waals surface area contributed by atoms with E-state index in [0.717, 1.165) is 6.07 Å². The number of methoxy groups -OCH3 is 2. The summed E-state index contributed by atoms with van der Waals surface area (Å²) in [5.74, 6) is 6.19. The summed E-state index contributed by atoms with van der Waals surface area (Å²) in [4.78, 5) is 12.8. The third-order valence-corrected chi connectivity index (χ3v) is 8.78. The van der Waals surface area contributed by atoms with Crippen molar-refractivity contribution in [3.8, 4) is 23.3 Å². The van der Waals surface area contributed by atoms with E-state index in [0.29, 0.717) is 38.8 Å². The Hall–Kier alpha value is -5.60. The van der Waals surface area contributed by atoms with E-state index in [1.54, 1.807) is 48.5 Å². The van der Waals surface area contributed by atoms with Gasteiger partial charge in [0.25, 0.3) is 6.02 Å². The molecule has 1 aromatic heterocycles. The number of alkyl halides is 3. The van der Waals surface area contributed by atoms with Gasteiger partial charge in [-0.25, -0.2) is 19.4 Å². The molecule has 51 heavy (non-hydrogen) atoms. The van der Waals surface area contributed by atoms with E-state index in [9.17, 15) is 13.2 Å². The first-order valence-electron chi connectivity index (χ1n) is 15.7. The minimum atomic E-state index is -4.82. The van der Waals surface area contributed by atoms with Crippen molar-refractivity contribution in [1.82, 2.24) is 15.3 Å². The van der Waals surface area contributed by atoms with Crippen LogP contribution in [0.15, 0.2) is 114 Å². The number of rotatable bonds is 7. The smallest absolute Gasteiger partial charge is 0.425 e. The molecule has 4 aromatic carbocycles. The highest BCUT2D eigenvalue weighted by molar-refractivity contribution is 6.30. The van der Waals surface area contributed by atoms with E-state index in [1.807, 2.05) is 30.3 Å². The molecule has 5 aromatic rings. The molecule has 0 radical (unpaired) electrons. The first kappa shape index (κ1) is 35.2. The number of aliphatic imine (C=N–C) groups is 1. The van der Waals surface area contributed by atoms with Crippen LogP contribution in [0.3, 0.4) is 0 Å². The van der Waals surface area contributed by atoms with Crippen molar-refractivity contribution in [2.24, 2.45) is 4.99 Å². The van der Waals surface area contributed by atoms with Gasteiger partial charge in [-0.3, -0.25) is 0 Å². The van der Waals surface area contributed by atoms with Gasteiger partial charge in [0.15, 0.2) is 6.10 Å². The normalized spacial score (nSPS) is 17.3. The first-order valence-corrected chi connectivity index (χ1v) is 16.1. The van der Waals surface area contributed by atoms with Gasteiger partial charge in [0.2, 0.25) is 5.82 Å². The summed E-state index contributed by atoms with van der Waals surface area (Å²) in [7, 11) is 3.07. The molecule has 2 heterocycles. The Morgan fingerprint density at radius 1 is 0.824 bits per heavy atom. The second-order valence-corrected chi connectivity index (χ2v) is 12.3. The van der Waals surface area contributed by atoms with E-state index in [4.69, 9.17) is 30.8 Å². The maximum absolute atomic E-state index is 15.7. The summed E-state index contributed by atoms with van der Waals surface area (Å²) in [5, 5.41) is 3.60. The summed E-state index contributed by atoms with van der Waals surface area (Å²) in [6, 6.07) is 26.9. The zero-order chi connectivity index (χ0) is 36.2. The Labute approximate surface area is 297 Å². The summed E-state index contributed by atoms with van der Waals surface area (Å²) in [6.45, 7) is 1.44. The number of halogens is 5. The van der Waals surface area contributed by atoms with E-state index in [1.165, 1.54) is 45.7 Å². The van der Waals surface area contributed by atoms with Gasteiger partial charge in [-0.2, -0.15) is 13.2 Å². The number of amidine groups is 1. The van der Waals surface area contributed by atoms with Gasteiger partial charge in [-0.15, -0.1) is 0 Å². The highest BCUT2D eigenvalue weighted by Gasteiger charge is 2.51. The van der Waals surface area contributed by atoms with E-state index in [-0.39, 0.29) is 11.4 Å². The molecule has 260 valence electrons. The molecule has 12 heteroatoms. The van der Waals surface area contributed by atoms with Crippen LogP contribution >= 0.6 is 11.6 Å². The summed E-state index contributed by atoms with van der Waals surface area (Å²) >= 11 is 5.86. The molecule has 0 unspecified atom stereocenters. The standard InChI is InChI=1S/C39H31ClF4N4O3/c1-37(32-21-25(9-19-33(32)41)10-20-35-45-23-29(40)24-46-35)22-34(39(42,43)44)51-36(47-37)48-38(26-7-5-4-6-8-26,27-11-15-30(49-2)16-12-27)28-13-17-31(50-3)18-14-28/h4-9,11-19,21,23-24,34H,22H2,1-3H3,(H,47,48)/t34-,37-/m0/s1. The largest absolute Gasteiger partial charge is 0.497 e. The topological polar surface area (TPSA) is 77.9 Å². The number of nitrogens with zero attached hydrogens (tertiary/aromatic N) is 3.